The van der Waals surface area contributed by atoms with Crippen molar-refractivity contribution in [1.29, 1.82) is 0 Å². The highest BCUT2D eigenvalue weighted by atomic mass is 32.1. The molecule has 158 valence electrons. The second-order valence-corrected chi connectivity index (χ2v) is 8.98. The normalized spacial score (nSPS) is 17.4. The van der Waals surface area contributed by atoms with Crippen molar-refractivity contribution in [2.45, 2.75) is 18.8 Å². The molecule has 2 heterocycles. The van der Waals surface area contributed by atoms with Gasteiger partial charge in [0.2, 0.25) is 0 Å². The summed E-state index contributed by atoms with van der Waals surface area (Å²) in [7, 11) is 0. The molecule has 0 saturated carbocycles. The van der Waals surface area contributed by atoms with Gasteiger partial charge in [0.05, 0.1) is 5.01 Å². The van der Waals surface area contributed by atoms with Crippen LogP contribution in [0.15, 0.2) is 53.9 Å². The topological polar surface area (TPSA) is 79.7 Å². The van der Waals surface area contributed by atoms with Crippen molar-refractivity contribution in [3.63, 3.8) is 0 Å². The van der Waals surface area contributed by atoms with Crippen LogP contribution in [0.4, 0.5) is 4.79 Å². The predicted molar refractivity (Wildman–Crippen MR) is 118 cm³/mol. The molecule has 1 aliphatic carbocycles. The van der Waals surface area contributed by atoms with Gasteiger partial charge in [0.25, 0.3) is 0 Å². The molecule has 5 rings (SSSR count). The fraction of sp³-hybridized carbons (Fsp3) is 0.292. The Morgan fingerprint density at radius 3 is 2.42 bits per heavy atom. The van der Waals surface area contributed by atoms with E-state index in [1.165, 1.54) is 33.6 Å². The first-order chi connectivity index (χ1) is 15.1. The molecule has 1 atom stereocenters. The van der Waals surface area contributed by atoms with Crippen LogP contribution in [0.1, 0.15) is 39.0 Å². The monoisotopic (exact) mass is 434 g/mol. The number of hydrogen-bond acceptors (Lipinski definition) is 5. The van der Waals surface area contributed by atoms with Gasteiger partial charge < -0.3 is 14.7 Å². The molecule has 7 heteroatoms. The van der Waals surface area contributed by atoms with Crippen LogP contribution < -0.4 is 0 Å². The molecule has 1 aromatic heterocycles. The van der Waals surface area contributed by atoms with E-state index in [4.69, 9.17) is 9.84 Å². The molecule has 1 amide bonds. The van der Waals surface area contributed by atoms with Crippen LogP contribution in [0.5, 0.6) is 0 Å². The van der Waals surface area contributed by atoms with Crippen LogP contribution >= 0.6 is 11.3 Å². The van der Waals surface area contributed by atoms with Crippen LogP contribution in [0, 0.1) is 5.92 Å². The summed E-state index contributed by atoms with van der Waals surface area (Å²) in [5, 5.41) is 11.4. The maximum atomic E-state index is 12.7. The Balaban J connectivity index is 1.20. The van der Waals surface area contributed by atoms with E-state index in [0.29, 0.717) is 26.1 Å². The van der Waals surface area contributed by atoms with Gasteiger partial charge in [-0.05, 0) is 34.6 Å². The fourth-order valence-corrected chi connectivity index (χ4v) is 5.48. The zero-order valence-electron chi connectivity index (χ0n) is 16.9. The summed E-state index contributed by atoms with van der Waals surface area (Å²) >= 11 is 1.36. The third kappa shape index (κ3) is 3.81. The molecule has 1 N–H and O–H groups in total. The van der Waals surface area contributed by atoms with Gasteiger partial charge in [-0.3, -0.25) is 0 Å². The van der Waals surface area contributed by atoms with Gasteiger partial charge in [0, 0.05) is 30.8 Å². The molecule has 31 heavy (non-hydrogen) atoms. The van der Waals surface area contributed by atoms with Crippen molar-refractivity contribution < 1.29 is 19.4 Å². The van der Waals surface area contributed by atoms with Crippen LogP contribution in [-0.4, -0.2) is 46.7 Å². The van der Waals surface area contributed by atoms with Crippen molar-refractivity contribution in [2.24, 2.45) is 5.92 Å². The molecular weight excluding hydrogens is 412 g/mol. The minimum atomic E-state index is -1.01. The van der Waals surface area contributed by atoms with Crippen molar-refractivity contribution >= 4 is 23.4 Å². The SMILES string of the molecule is O=C(O)c1csc(CC2CCN(C(=O)OCC3c4ccccc4-c4ccccc43)C2)n1. The van der Waals surface area contributed by atoms with E-state index < -0.39 is 5.97 Å². The van der Waals surface area contributed by atoms with Crippen molar-refractivity contribution in [1.82, 2.24) is 9.88 Å². The molecule has 1 unspecified atom stereocenters. The Kier molecular flexibility index (Phi) is 5.19. The number of aromatic nitrogens is 1. The number of ether oxygens (including phenoxy) is 1. The van der Waals surface area contributed by atoms with Gasteiger partial charge in [0.15, 0.2) is 5.69 Å². The van der Waals surface area contributed by atoms with Gasteiger partial charge in [-0.2, -0.15) is 0 Å². The van der Waals surface area contributed by atoms with Gasteiger partial charge in [0.1, 0.15) is 6.61 Å². The number of hydrogen-bond donors (Lipinski definition) is 1. The maximum Gasteiger partial charge on any atom is 0.409 e. The lowest BCUT2D eigenvalue weighted by Crippen LogP contribution is -2.30. The van der Waals surface area contributed by atoms with Crippen LogP contribution in [0.3, 0.4) is 0 Å². The number of fused-ring (bicyclic) bond motifs is 3. The third-order valence-electron chi connectivity index (χ3n) is 6.11. The van der Waals surface area contributed by atoms with Crippen LogP contribution in [-0.2, 0) is 11.2 Å². The lowest BCUT2D eigenvalue weighted by Gasteiger charge is -2.19. The Morgan fingerprint density at radius 1 is 1.10 bits per heavy atom. The smallest absolute Gasteiger partial charge is 0.409 e. The van der Waals surface area contributed by atoms with E-state index in [1.54, 1.807) is 10.3 Å². The number of carboxylic acids is 1. The number of aromatic carboxylic acids is 1. The molecule has 3 aromatic rings. The van der Waals surface area contributed by atoms with E-state index in [2.05, 4.69) is 29.2 Å². The van der Waals surface area contributed by atoms with Crippen LogP contribution in [0.25, 0.3) is 11.1 Å². The first kappa shape index (κ1) is 19.8. The summed E-state index contributed by atoms with van der Waals surface area (Å²) in [6, 6.07) is 16.6. The van der Waals surface area contributed by atoms with E-state index in [1.807, 2.05) is 24.3 Å². The summed E-state index contributed by atoms with van der Waals surface area (Å²) in [5.41, 5.74) is 4.92. The number of rotatable bonds is 5. The summed E-state index contributed by atoms with van der Waals surface area (Å²) in [5.74, 6) is -0.679. The zero-order valence-corrected chi connectivity index (χ0v) is 17.7. The Hall–Kier alpha value is -3.19. The average molecular weight is 435 g/mol. The number of nitrogens with zero attached hydrogens (tertiary/aromatic N) is 2. The molecule has 6 nitrogen and oxygen atoms in total. The molecule has 2 aromatic carbocycles. The van der Waals surface area contributed by atoms with Gasteiger partial charge in [-0.25, -0.2) is 14.6 Å². The van der Waals surface area contributed by atoms with E-state index in [-0.39, 0.29) is 23.6 Å². The maximum absolute atomic E-state index is 12.7. The summed E-state index contributed by atoms with van der Waals surface area (Å²) in [4.78, 5) is 29.6. The molecule has 0 radical (unpaired) electrons. The number of benzene rings is 2. The molecule has 1 fully saturated rings. The second-order valence-electron chi connectivity index (χ2n) is 8.04. The van der Waals surface area contributed by atoms with E-state index in [0.717, 1.165) is 11.4 Å². The zero-order chi connectivity index (χ0) is 21.4. The highest BCUT2D eigenvalue weighted by Crippen LogP contribution is 2.44. The first-order valence-electron chi connectivity index (χ1n) is 10.4. The van der Waals surface area contributed by atoms with E-state index in [9.17, 15) is 9.59 Å². The molecular formula is C24H22N2O4S. The molecule has 0 spiro atoms. The highest BCUT2D eigenvalue weighted by Gasteiger charge is 2.32. The number of carbonyl (C=O) groups is 2. The quantitative estimate of drug-likeness (QED) is 0.632. The van der Waals surface area contributed by atoms with Crippen molar-refractivity contribution in [2.75, 3.05) is 19.7 Å². The number of likely N-dealkylation sites (tertiary alicyclic amines) is 1. The Morgan fingerprint density at radius 2 is 1.77 bits per heavy atom. The summed E-state index contributed by atoms with van der Waals surface area (Å²) < 4.78 is 5.75. The molecule has 2 aliphatic rings. The number of carbonyl (C=O) groups excluding carboxylic acids is 1. The predicted octanol–water partition coefficient (Wildman–Crippen LogP) is 4.65. The van der Waals surface area contributed by atoms with Gasteiger partial charge in [-0.1, -0.05) is 48.5 Å². The van der Waals surface area contributed by atoms with Crippen molar-refractivity contribution in [3.8, 4) is 11.1 Å². The minimum absolute atomic E-state index is 0.0551. The average Bonchev–Trinajstić information content (AvgIpc) is 3.51. The summed E-state index contributed by atoms with van der Waals surface area (Å²) in [6.07, 6.45) is 1.27. The third-order valence-corrected chi connectivity index (χ3v) is 6.99. The fourth-order valence-electron chi connectivity index (χ4n) is 4.60. The largest absolute Gasteiger partial charge is 0.476 e. The Bertz CT molecular complexity index is 1100. The van der Waals surface area contributed by atoms with Crippen LogP contribution in [0.2, 0.25) is 0 Å². The van der Waals surface area contributed by atoms with Crippen molar-refractivity contribution in [3.05, 3.63) is 75.7 Å². The highest BCUT2D eigenvalue weighted by molar-refractivity contribution is 7.09. The lowest BCUT2D eigenvalue weighted by molar-refractivity contribution is 0.0691. The molecule has 0 bridgehead atoms. The van der Waals surface area contributed by atoms with Gasteiger partial charge in [-0.15, -0.1) is 11.3 Å². The molecule has 1 aliphatic heterocycles. The Labute approximate surface area is 184 Å². The minimum Gasteiger partial charge on any atom is -0.476 e. The lowest BCUT2D eigenvalue weighted by atomic mass is 9.98. The first-order valence-corrected chi connectivity index (χ1v) is 11.3. The van der Waals surface area contributed by atoms with E-state index >= 15 is 0 Å². The van der Waals surface area contributed by atoms with Gasteiger partial charge >= 0.3 is 12.1 Å². The standard InChI is InChI=1S/C24H22N2O4S/c27-23(28)21-14-31-22(25-21)11-15-9-10-26(12-15)24(29)30-13-20-18-7-3-1-5-16(18)17-6-2-4-8-19(17)20/h1-8,14-15,20H,9-13H2,(H,27,28). The number of thiazole rings is 1. The molecule has 1 saturated heterocycles. The summed E-state index contributed by atoms with van der Waals surface area (Å²) in [6.45, 7) is 1.58. The second kappa shape index (κ2) is 8.15. The number of amides is 1. The number of carboxylic acid groups (broad SMARTS) is 1.